The first kappa shape index (κ1) is 15.0. The Bertz CT molecular complexity index is 640. The summed E-state index contributed by atoms with van der Waals surface area (Å²) in [6, 6.07) is 11.7. The molecule has 4 heteroatoms. The van der Waals surface area contributed by atoms with Gasteiger partial charge in [-0.25, -0.2) is 4.39 Å². The molecule has 0 aliphatic rings. The molecule has 0 aliphatic heterocycles. The van der Waals surface area contributed by atoms with Crippen molar-refractivity contribution in [1.29, 1.82) is 0 Å². The molecule has 110 valence electrons. The van der Waals surface area contributed by atoms with Crippen LogP contribution in [0.3, 0.4) is 0 Å². The third kappa shape index (κ3) is 4.60. The van der Waals surface area contributed by atoms with Crippen LogP contribution in [0, 0.1) is 19.7 Å². The smallest absolute Gasteiger partial charge is 0.227 e. The first-order valence-corrected chi connectivity index (χ1v) is 6.80. The number of carbonyl (C=O) groups excluding carboxylic acids is 1. The second-order valence-corrected chi connectivity index (χ2v) is 4.93. The first-order valence-electron chi connectivity index (χ1n) is 6.80. The van der Waals surface area contributed by atoms with Gasteiger partial charge in [0, 0.05) is 5.69 Å². The molecule has 1 amide bonds. The van der Waals surface area contributed by atoms with Crippen molar-refractivity contribution in [2.24, 2.45) is 0 Å². The molecule has 0 unspecified atom stereocenters. The maximum absolute atomic E-state index is 13.0. The van der Waals surface area contributed by atoms with Gasteiger partial charge in [-0.15, -0.1) is 0 Å². The van der Waals surface area contributed by atoms with Crippen LogP contribution >= 0.6 is 0 Å². The monoisotopic (exact) mass is 287 g/mol. The Balaban J connectivity index is 1.81. The van der Waals surface area contributed by atoms with Crippen molar-refractivity contribution in [3.8, 4) is 5.75 Å². The minimum Gasteiger partial charge on any atom is -0.493 e. The summed E-state index contributed by atoms with van der Waals surface area (Å²) in [6.07, 6.45) is 0.212. The fraction of sp³-hybridized carbons (Fsp3) is 0.235. The average molecular weight is 287 g/mol. The Labute approximate surface area is 123 Å². The van der Waals surface area contributed by atoms with Crippen LogP contribution in [0.2, 0.25) is 0 Å². The lowest BCUT2D eigenvalue weighted by Gasteiger charge is -2.10. The molecule has 0 saturated carbocycles. The van der Waals surface area contributed by atoms with E-state index in [0.29, 0.717) is 5.69 Å². The molecule has 0 spiro atoms. The molecule has 3 nitrogen and oxygen atoms in total. The highest BCUT2D eigenvalue weighted by Gasteiger charge is 2.05. The summed E-state index contributed by atoms with van der Waals surface area (Å²) >= 11 is 0. The van der Waals surface area contributed by atoms with E-state index in [-0.39, 0.29) is 24.8 Å². The highest BCUT2D eigenvalue weighted by molar-refractivity contribution is 5.90. The van der Waals surface area contributed by atoms with Crippen LogP contribution in [-0.2, 0) is 4.79 Å². The van der Waals surface area contributed by atoms with Gasteiger partial charge in [0.15, 0.2) is 0 Å². The van der Waals surface area contributed by atoms with Gasteiger partial charge in [-0.1, -0.05) is 23.8 Å². The van der Waals surface area contributed by atoms with Crippen molar-refractivity contribution >= 4 is 11.6 Å². The third-order valence-electron chi connectivity index (χ3n) is 3.03. The molecular formula is C17H18FNO2. The van der Waals surface area contributed by atoms with E-state index in [9.17, 15) is 9.18 Å². The van der Waals surface area contributed by atoms with Gasteiger partial charge in [-0.2, -0.15) is 0 Å². The molecule has 0 heterocycles. The predicted molar refractivity (Wildman–Crippen MR) is 81.1 cm³/mol. The molecule has 0 aromatic heterocycles. The van der Waals surface area contributed by atoms with Gasteiger partial charge >= 0.3 is 0 Å². The molecule has 0 saturated heterocycles. The van der Waals surface area contributed by atoms with Gasteiger partial charge in [-0.3, -0.25) is 4.79 Å². The predicted octanol–water partition coefficient (Wildman–Crippen LogP) is 3.85. The lowest BCUT2D eigenvalue weighted by Crippen LogP contribution is -2.15. The van der Waals surface area contributed by atoms with E-state index in [2.05, 4.69) is 5.32 Å². The molecular weight excluding hydrogens is 269 g/mol. The summed E-state index contributed by atoms with van der Waals surface area (Å²) in [5, 5.41) is 2.63. The van der Waals surface area contributed by atoms with Crippen LogP contribution in [0.15, 0.2) is 42.5 Å². The molecule has 0 radical (unpaired) electrons. The number of hydrogen-bond donors (Lipinski definition) is 1. The van der Waals surface area contributed by atoms with E-state index in [1.165, 1.54) is 17.7 Å². The van der Waals surface area contributed by atoms with Crippen molar-refractivity contribution in [2.45, 2.75) is 20.3 Å². The minimum absolute atomic E-state index is 0.203. The molecule has 0 atom stereocenters. The molecule has 0 aliphatic carbocycles. The number of amides is 1. The second-order valence-electron chi connectivity index (χ2n) is 4.93. The zero-order valence-electron chi connectivity index (χ0n) is 12.2. The standard InChI is InChI=1S/C17H18FNO2/c1-12-6-7-16(13(2)10-12)21-9-8-17(20)19-15-5-3-4-14(18)11-15/h3-7,10-11H,8-9H2,1-2H3,(H,19,20). The molecule has 0 fully saturated rings. The quantitative estimate of drug-likeness (QED) is 0.907. The van der Waals surface area contributed by atoms with E-state index < -0.39 is 0 Å². The molecule has 21 heavy (non-hydrogen) atoms. The van der Waals surface area contributed by atoms with Crippen LogP contribution in [0.1, 0.15) is 17.5 Å². The lowest BCUT2D eigenvalue weighted by atomic mass is 10.1. The number of rotatable bonds is 5. The first-order chi connectivity index (χ1) is 10.0. The van der Waals surface area contributed by atoms with E-state index in [1.807, 2.05) is 32.0 Å². The van der Waals surface area contributed by atoms with E-state index in [1.54, 1.807) is 12.1 Å². The number of nitrogens with one attached hydrogen (secondary N) is 1. The molecule has 1 N–H and O–H groups in total. The van der Waals surface area contributed by atoms with Gasteiger partial charge in [0.2, 0.25) is 5.91 Å². The number of aryl methyl sites for hydroxylation is 2. The van der Waals surface area contributed by atoms with Crippen molar-refractivity contribution < 1.29 is 13.9 Å². The maximum Gasteiger partial charge on any atom is 0.227 e. The van der Waals surface area contributed by atoms with Crippen molar-refractivity contribution in [1.82, 2.24) is 0 Å². The number of carbonyl (C=O) groups is 1. The van der Waals surface area contributed by atoms with Gasteiger partial charge in [0.1, 0.15) is 11.6 Å². The van der Waals surface area contributed by atoms with Crippen LogP contribution in [-0.4, -0.2) is 12.5 Å². The van der Waals surface area contributed by atoms with Gasteiger partial charge in [0.05, 0.1) is 13.0 Å². The molecule has 2 rings (SSSR count). The summed E-state index contributed by atoms with van der Waals surface area (Å²) in [5.74, 6) is 0.198. The van der Waals surface area contributed by atoms with Crippen LogP contribution in [0.4, 0.5) is 10.1 Å². The second kappa shape index (κ2) is 6.88. The Morgan fingerprint density at radius 1 is 1.19 bits per heavy atom. The van der Waals surface area contributed by atoms with Crippen molar-refractivity contribution in [2.75, 3.05) is 11.9 Å². The van der Waals surface area contributed by atoms with Crippen molar-refractivity contribution in [3.05, 3.63) is 59.4 Å². The SMILES string of the molecule is Cc1ccc(OCCC(=O)Nc2cccc(F)c2)c(C)c1. The summed E-state index contributed by atoms with van der Waals surface area (Å²) in [5.41, 5.74) is 2.66. The van der Waals surface area contributed by atoms with Gasteiger partial charge in [-0.05, 0) is 43.7 Å². The fourth-order valence-corrected chi connectivity index (χ4v) is 2.00. The number of anilines is 1. The maximum atomic E-state index is 13.0. The zero-order chi connectivity index (χ0) is 15.2. The number of ether oxygens (including phenoxy) is 1. The average Bonchev–Trinajstić information content (AvgIpc) is 2.41. The summed E-state index contributed by atoms with van der Waals surface area (Å²) in [7, 11) is 0. The van der Waals surface area contributed by atoms with E-state index >= 15 is 0 Å². The number of halogens is 1. The van der Waals surface area contributed by atoms with E-state index in [0.717, 1.165) is 11.3 Å². The number of benzene rings is 2. The molecule has 0 bridgehead atoms. The summed E-state index contributed by atoms with van der Waals surface area (Å²) in [4.78, 5) is 11.7. The largest absolute Gasteiger partial charge is 0.493 e. The summed E-state index contributed by atoms with van der Waals surface area (Å²) in [6.45, 7) is 4.27. The zero-order valence-corrected chi connectivity index (χ0v) is 12.2. The number of hydrogen-bond acceptors (Lipinski definition) is 2. The Morgan fingerprint density at radius 3 is 2.71 bits per heavy atom. The Kier molecular flexibility index (Phi) is 4.93. The summed E-state index contributed by atoms with van der Waals surface area (Å²) < 4.78 is 18.6. The topological polar surface area (TPSA) is 38.3 Å². The Hall–Kier alpha value is -2.36. The molecule has 2 aromatic rings. The van der Waals surface area contributed by atoms with Gasteiger partial charge < -0.3 is 10.1 Å². The van der Waals surface area contributed by atoms with Gasteiger partial charge in [0.25, 0.3) is 0 Å². The van der Waals surface area contributed by atoms with Crippen LogP contribution in [0.25, 0.3) is 0 Å². The van der Waals surface area contributed by atoms with Crippen molar-refractivity contribution in [3.63, 3.8) is 0 Å². The van der Waals surface area contributed by atoms with Crippen LogP contribution in [0.5, 0.6) is 5.75 Å². The molecule has 2 aromatic carbocycles. The lowest BCUT2D eigenvalue weighted by molar-refractivity contribution is -0.116. The Morgan fingerprint density at radius 2 is 2.00 bits per heavy atom. The highest BCUT2D eigenvalue weighted by atomic mass is 19.1. The van der Waals surface area contributed by atoms with Crippen LogP contribution < -0.4 is 10.1 Å². The van der Waals surface area contributed by atoms with E-state index in [4.69, 9.17) is 4.74 Å². The third-order valence-corrected chi connectivity index (χ3v) is 3.03. The fourth-order valence-electron chi connectivity index (χ4n) is 2.00. The highest BCUT2D eigenvalue weighted by Crippen LogP contribution is 2.18. The normalized spacial score (nSPS) is 10.2. The minimum atomic E-state index is -0.376.